The second-order valence-electron chi connectivity index (χ2n) is 9.49. The molecule has 2 aromatic carbocycles. The number of nitrogens with zero attached hydrogens (tertiary/aromatic N) is 3. The molecule has 2 aromatic heterocycles. The van der Waals surface area contributed by atoms with Gasteiger partial charge >= 0.3 is 0 Å². The van der Waals surface area contributed by atoms with Crippen molar-refractivity contribution in [2.45, 2.75) is 13.2 Å². The molecule has 1 aliphatic heterocycles. The Morgan fingerprint density at radius 3 is 2.39 bits per heavy atom. The molecule has 0 N–H and O–H groups in total. The number of sulfonamides is 1. The molecule has 1 saturated heterocycles. The number of rotatable bonds is 8. The number of fused-ring (bicyclic) bond motifs is 1. The molecule has 0 spiro atoms. The summed E-state index contributed by atoms with van der Waals surface area (Å²) in [6.07, 6.45) is 3.13. The molecular formula is C28H31N3O5S2. The van der Waals surface area contributed by atoms with Crippen molar-refractivity contribution in [1.82, 2.24) is 13.8 Å². The predicted molar refractivity (Wildman–Crippen MR) is 152 cm³/mol. The first-order valence-electron chi connectivity index (χ1n) is 12.4. The summed E-state index contributed by atoms with van der Waals surface area (Å²) in [6.45, 7) is 3.37. The maximum absolute atomic E-state index is 13.0. The van der Waals surface area contributed by atoms with E-state index in [1.807, 2.05) is 60.8 Å². The van der Waals surface area contributed by atoms with Crippen molar-refractivity contribution in [3.8, 4) is 22.6 Å². The van der Waals surface area contributed by atoms with Crippen LogP contribution in [0.3, 0.4) is 0 Å². The van der Waals surface area contributed by atoms with Gasteiger partial charge in [-0.3, -0.25) is 9.69 Å². The van der Waals surface area contributed by atoms with Crippen LogP contribution in [0, 0.1) is 0 Å². The summed E-state index contributed by atoms with van der Waals surface area (Å²) >= 11 is 1.61. The minimum absolute atomic E-state index is 0.0396. The van der Waals surface area contributed by atoms with Gasteiger partial charge in [-0.25, -0.2) is 8.42 Å². The molecule has 1 fully saturated rings. The van der Waals surface area contributed by atoms with E-state index in [4.69, 9.17) is 9.47 Å². The molecular weight excluding hydrogens is 522 g/mol. The fraction of sp³-hybridized carbons (Fsp3) is 0.321. The summed E-state index contributed by atoms with van der Waals surface area (Å²) in [5.74, 6) is 1.28. The number of hydrogen-bond acceptors (Lipinski definition) is 7. The molecule has 0 radical (unpaired) electrons. The van der Waals surface area contributed by atoms with Crippen LogP contribution in [-0.2, 0) is 30.2 Å². The van der Waals surface area contributed by atoms with Crippen LogP contribution in [0.5, 0.6) is 11.5 Å². The molecule has 200 valence electrons. The molecule has 0 bridgehead atoms. The summed E-state index contributed by atoms with van der Waals surface area (Å²) in [5, 5.41) is 0.683. The minimum Gasteiger partial charge on any atom is -0.493 e. The smallest absolute Gasteiger partial charge is 0.259 e. The summed E-state index contributed by atoms with van der Waals surface area (Å²) in [4.78, 5) is 16.3. The number of methoxy groups -OCH3 is 1. The summed E-state index contributed by atoms with van der Waals surface area (Å²) in [6, 6.07) is 17.8. The zero-order chi connectivity index (χ0) is 26.9. The van der Waals surface area contributed by atoms with Gasteiger partial charge in [0.05, 0.1) is 18.8 Å². The Morgan fingerprint density at radius 2 is 1.71 bits per heavy atom. The summed E-state index contributed by atoms with van der Waals surface area (Å²) in [7, 11) is 0.216. The lowest BCUT2D eigenvalue weighted by atomic mass is 10.1. The van der Waals surface area contributed by atoms with E-state index >= 15 is 0 Å². The van der Waals surface area contributed by atoms with Crippen molar-refractivity contribution in [3.05, 3.63) is 81.6 Å². The Hall–Kier alpha value is -3.18. The molecule has 0 saturated carbocycles. The lowest BCUT2D eigenvalue weighted by Gasteiger charge is -2.32. The second kappa shape index (κ2) is 10.9. The van der Waals surface area contributed by atoms with Gasteiger partial charge in [0.25, 0.3) is 5.56 Å². The van der Waals surface area contributed by atoms with E-state index in [1.54, 1.807) is 30.1 Å². The van der Waals surface area contributed by atoms with Crippen LogP contribution in [0.15, 0.2) is 65.6 Å². The number of hydrogen-bond donors (Lipinski definition) is 0. The molecule has 0 atom stereocenters. The van der Waals surface area contributed by atoms with E-state index in [0.717, 1.165) is 26.3 Å². The maximum atomic E-state index is 13.0. The average molecular weight is 554 g/mol. The Kier molecular flexibility index (Phi) is 7.58. The van der Waals surface area contributed by atoms with E-state index < -0.39 is 10.0 Å². The molecule has 0 amide bonds. The predicted octanol–water partition coefficient (Wildman–Crippen LogP) is 3.93. The van der Waals surface area contributed by atoms with E-state index in [2.05, 4.69) is 4.90 Å². The monoisotopic (exact) mass is 553 g/mol. The minimum atomic E-state index is -3.17. The van der Waals surface area contributed by atoms with E-state index in [-0.39, 0.29) is 5.56 Å². The Bertz CT molecular complexity index is 1610. The Morgan fingerprint density at radius 1 is 0.974 bits per heavy atom. The highest BCUT2D eigenvalue weighted by Gasteiger charge is 2.24. The topological polar surface area (TPSA) is 81.1 Å². The van der Waals surface area contributed by atoms with Gasteiger partial charge in [-0.15, -0.1) is 11.3 Å². The number of aromatic nitrogens is 1. The largest absolute Gasteiger partial charge is 0.493 e. The summed E-state index contributed by atoms with van der Waals surface area (Å²) < 4.78 is 39.4. The van der Waals surface area contributed by atoms with Crippen LogP contribution in [-0.4, -0.2) is 61.7 Å². The lowest BCUT2D eigenvalue weighted by molar-refractivity contribution is 0.183. The molecule has 38 heavy (non-hydrogen) atoms. The SMILES string of the molecule is COc1ccc(-c2cn(C)c(=O)c3cc(CN4CCN(S(C)(=O)=O)CC4)sc23)cc1OCc1ccccc1. The highest BCUT2D eigenvalue weighted by molar-refractivity contribution is 7.88. The zero-order valence-electron chi connectivity index (χ0n) is 21.7. The second-order valence-corrected chi connectivity index (χ2v) is 12.6. The fourth-order valence-corrected chi connectivity index (χ4v) is 6.77. The molecule has 8 nitrogen and oxygen atoms in total. The van der Waals surface area contributed by atoms with Crippen LogP contribution >= 0.6 is 11.3 Å². The highest BCUT2D eigenvalue weighted by atomic mass is 32.2. The van der Waals surface area contributed by atoms with Gasteiger partial charge in [0.2, 0.25) is 10.0 Å². The zero-order valence-corrected chi connectivity index (χ0v) is 23.3. The highest BCUT2D eigenvalue weighted by Crippen LogP contribution is 2.38. The quantitative estimate of drug-likeness (QED) is 0.329. The Labute approximate surface area is 226 Å². The lowest BCUT2D eigenvalue weighted by Crippen LogP contribution is -2.47. The number of aryl methyl sites for hydroxylation is 1. The van der Waals surface area contributed by atoms with Crippen LogP contribution in [0.25, 0.3) is 21.2 Å². The van der Waals surface area contributed by atoms with Crippen LogP contribution in [0.1, 0.15) is 10.4 Å². The van der Waals surface area contributed by atoms with Gasteiger partial charge < -0.3 is 14.0 Å². The van der Waals surface area contributed by atoms with Gasteiger partial charge in [-0.2, -0.15) is 4.31 Å². The standard InChI is InChI=1S/C28H31N3O5S2/c1-29-18-24(21-9-10-25(35-2)26(15-21)36-19-20-7-5-4-6-8-20)27-23(28(29)32)16-22(37-27)17-30-11-13-31(14-12-30)38(3,33)34/h4-10,15-16,18H,11-14,17,19H2,1-3H3. The number of benzene rings is 2. The first-order chi connectivity index (χ1) is 18.2. The normalized spacial score (nSPS) is 15.1. The van der Waals surface area contributed by atoms with Crippen molar-refractivity contribution >= 4 is 31.4 Å². The summed E-state index contributed by atoms with van der Waals surface area (Å²) in [5.41, 5.74) is 2.91. The van der Waals surface area contributed by atoms with Crippen LogP contribution in [0.4, 0.5) is 0 Å². The van der Waals surface area contributed by atoms with Crippen molar-refractivity contribution < 1.29 is 17.9 Å². The Balaban J connectivity index is 1.44. The molecule has 10 heteroatoms. The molecule has 3 heterocycles. The van der Waals surface area contributed by atoms with E-state index in [0.29, 0.717) is 56.2 Å². The van der Waals surface area contributed by atoms with Crippen molar-refractivity contribution in [2.24, 2.45) is 7.05 Å². The van der Waals surface area contributed by atoms with Crippen molar-refractivity contribution in [2.75, 3.05) is 39.5 Å². The van der Waals surface area contributed by atoms with Gasteiger partial charge in [0, 0.05) is 61.1 Å². The fourth-order valence-electron chi connectivity index (χ4n) is 4.72. The van der Waals surface area contributed by atoms with Gasteiger partial charge in [-0.05, 0) is 29.3 Å². The van der Waals surface area contributed by atoms with Crippen LogP contribution < -0.4 is 15.0 Å². The van der Waals surface area contributed by atoms with Gasteiger partial charge in [0.15, 0.2) is 11.5 Å². The van der Waals surface area contributed by atoms with Crippen molar-refractivity contribution in [1.29, 1.82) is 0 Å². The van der Waals surface area contributed by atoms with Crippen molar-refractivity contribution in [3.63, 3.8) is 0 Å². The van der Waals surface area contributed by atoms with Crippen LogP contribution in [0.2, 0.25) is 0 Å². The number of ether oxygens (including phenoxy) is 2. The number of piperazine rings is 1. The third kappa shape index (κ3) is 5.63. The van der Waals surface area contributed by atoms with Gasteiger partial charge in [0.1, 0.15) is 6.61 Å². The van der Waals surface area contributed by atoms with E-state index in [9.17, 15) is 13.2 Å². The van der Waals surface area contributed by atoms with E-state index in [1.165, 1.54) is 10.6 Å². The third-order valence-electron chi connectivity index (χ3n) is 6.79. The maximum Gasteiger partial charge on any atom is 0.259 e. The van der Waals surface area contributed by atoms with Gasteiger partial charge in [-0.1, -0.05) is 36.4 Å². The number of pyridine rings is 1. The molecule has 5 rings (SSSR count). The first kappa shape index (κ1) is 26.4. The molecule has 0 aliphatic carbocycles. The number of thiophene rings is 1. The molecule has 0 unspecified atom stereocenters. The third-order valence-corrected chi connectivity index (χ3v) is 9.25. The molecule has 1 aliphatic rings. The first-order valence-corrected chi connectivity index (χ1v) is 15.0. The average Bonchev–Trinajstić information content (AvgIpc) is 3.33. The molecule has 4 aromatic rings.